The van der Waals surface area contributed by atoms with Crippen molar-refractivity contribution in [1.82, 2.24) is 9.88 Å². The molecule has 0 saturated heterocycles. The third-order valence-electron chi connectivity index (χ3n) is 1.94. The third-order valence-corrected chi connectivity index (χ3v) is 1.94. The average molecular weight is 210 g/mol. The monoisotopic (exact) mass is 210 g/mol. The van der Waals surface area contributed by atoms with E-state index in [0.29, 0.717) is 0 Å². The summed E-state index contributed by atoms with van der Waals surface area (Å²) >= 11 is 0. The van der Waals surface area contributed by atoms with Crippen LogP contribution in [0, 0.1) is 0 Å². The van der Waals surface area contributed by atoms with E-state index in [1.807, 2.05) is 0 Å². The van der Waals surface area contributed by atoms with Crippen LogP contribution in [-0.2, 0) is 6.37 Å². The molecule has 80 valence electrons. The molecule has 0 atom stereocenters. The lowest BCUT2D eigenvalue weighted by atomic mass is 10.1. The molecule has 0 spiro atoms. The summed E-state index contributed by atoms with van der Waals surface area (Å²) in [5, 5.41) is 9.94. The molecular formula is C12H16N2O. The summed E-state index contributed by atoms with van der Waals surface area (Å²) in [7, 11) is 2.79. The molecule has 0 saturated carbocycles. The number of fused-ring (bicyclic) bond motifs is 1. The molecule has 0 aliphatic rings. The van der Waals surface area contributed by atoms with Gasteiger partial charge in [0.05, 0.1) is 2.74 Å². The number of benzene rings is 1. The predicted molar refractivity (Wildman–Crippen MR) is 62.2 cm³/mol. The zero-order valence-electron chi connectivity index (χ0n) is 14.5. The number of aromatic amines is 1. The maximum atomic E-state index is 9.97. The number of nitrogens with one attached hydrogen (secondary N) is 1. The zero-order valence-corrected chi connectivity index (χ0v) is 8.55. The van der Waals surface area contributed by atoms with Gasteiger partial charge in [-0.05, 0) is 38.1 Å². The molecular weight excluding hydrogens is 188 g/mol. The number of rotatable bonds is 3. The van der Waals surface area contributed by atoms with Crippen molar-refractivity contribution in [2.45, 2.75) is 6.37 Å². The number of phenolic OH excluding ortho intramolecular Hbond substituents is 1. The Kier molecular flexibility index (Phi) is 1.32. The summed E-state index contributed by atoms with van der Waals surface area (Å²) in [4.78, 5) is 3.62. The fourth-order valence-electron chi connectivity index (χ4n) is 1.29. The second-order valence-corrected chi connectivity index (χ2v) is 3.37. The maximum absolute atomic E-state index is 9.97. The van der Waals surface area contributed by atoms with Crippen molar-refractivity contribution in [3.63, 3.8) is 0 Å². The molecule has 1 aromatic carbocycles. The molecule has 2 rings (SSSR count). The minimum Gasteiger partial charge on any atom is -0.507 e. The average Bonchev–Trinajstić information content (AvgIpc) is 2.72. The minimum absolute atomic E-state index is 0.00349. The molecule has 0 unspecified atom stereocenters. The summed E-state index contributed by atoms with van der Waals surface area (Å²) in [6.45, 7) is -2.40. The van der Waals surface area contributed by atoms with E-state index in [-0.39, 0.29) is 34.4 Å². The molecule has 3 heteroatoms. The molecule has 1 heterocycles. The summed E-state index contributed by atoms with van der Waals surface area (Å²) in [6.07, 6.45) is -2.91. The van der Waals surface area contributed by atoms with E-state index in [1.54, 1.807) is 0 Å². The van der Waals surface area contributed by atoms with E-state index in [9.17, 15) is 5.11 Å². The molecule has 0 amide bonds. The Balaban J connectivity index is 2.84. The van der Waals surface area contributed by atoms with Gasteiger partial charge in [-0.3, -0.25) is 0 Å². The molecule has 15 heavy (non-hydrogen) atoms. The summed E-state index contributed by atoms with van der Waals surface area (Å²) in [5.41, 5.74) is -0.170. The third kappa shape index (κ3) is 1.97. The molecule has 0 bridgehead atoms. The molecule has 0 aliphatic heterocycles. The molecule has 2 N–H and O–H groups in total. The van der Waals surface area contributed by atoms with E-state index in [4.69, 9.17) is 8.22 Å². The van der Waals surface area contributed by atoms with Crippen molar-refractivity contribution in [2.75, 3.05) is 20.6 Å². The molecule has 0 fully saturated rings. The van der Waals surface area contributed by atoms with Crippen LogP contribution in [0.15, 0.2) is 24.3 Å². The first-order valence-corrected chi connectivity index (χ1v) is 4.50. The predicted octanol–water partition coefficient (Wildman–Crippen LogP) is 1.98. The lowest BCUT2D eigenvalue weighted by Gasteiger charge is -2.08. The number of H-pyrrole nitrogens is 1. The number of hydrogen-bond acceptors (Lipinski definition) is 2. The quantitative estimate of drug-likeness (QED) is 0.813. The standard InChI is InChI=1S/C12H16N2O/c1-14(2)7-6-9-8-13-10-4-3-5-11(15)12(9)10/h3-5,8,13,15H,6-7H2,1-2H3/i4D,6D2,7D2,8D. The number of hydrogen-bond donors (Lipinski definition) is 2. The Labute approximate surface area is 97.8 Å². The highest BCUT2D eigenvalue weighted by atomic mass is 16.3. The molecule has 0 radical (unpaired) electrons. The van der Waals surface area contributed by atoms with E-state index in [0.717, 1.165) is 4.90 Å². The first kappa shape index (κ1) is 5.03. The second-order valence-electron chi connectivity index (χ2n) is 3.37. The van der Waals surface area contributed by atoms with Crippen molar-refractivity contribution < 1.29 is 13.3 Å². The number of nitrogens with zero attached hydrogens (tertiary/aromatic N) is 1. The van der Waals surface area contributed by atoms with Gasteiger partial charge in [0, 0.05) is 29.1 Å². The van der Waals surface area contributed by atoms with Crippen molar-refractivity contribution in [3.8, 4) is 5.75 Å². The van der Waals surface area contributed by atoms with Crippen LogP contribution in [0.1, 0.15) is 13.8 Å². The largest absolute Gasteiger partial charge is 0.507 e. The van der Waals surface area contributed by atoms with E-state index >= 15 is 0 Å². The Morgan fingerprint density at radius 1 is 1.60 bits per heavy atom. The maximum Gasteiger partial charge on any atom is 0.125 e. The van der Waals surface area contributed by atoms with E-state index in [1.165, 1.54) is 26.2 Å². The highest BCUT2D eigenvalue weighted by Gasteiger charge is 2.07. The van der Waals surface area contributed by atoms with Gasteiger partial charge in [-0.15, -0.1) is 0 Å². The number of aromatic hydroxyl groups is 1. The Hall–Kier alpha value is -1.48. The van der Waals surface area contributed by atoms with E-state index in [2.05, 4.69) is 4.98 Å². The van der Waals surface area contributed by atoms with Gasteiger partial charge in [0.25, 0.3) is 0 Å². The van der Waals surface area contributed by atoms with Crippen LogP contribution in [0.5, 0.6) is 5.75 Å². The highest BCUT2D eigenvalue weighted by Crippen LogP contribution is 2.27. The number of aryl methyl sites for hydroxylation is 1. The molecule has 1 aromatic heterocycles. The SMILES string of the molecule is [2H]c1[nH]c2c([2H])ccc(O)c2c1C([2H])([2H])C([2H])([2H])N(C)C. The Bertz CT molecular complexity index is 695. The molecule has 2 aromatic rings. The second kappa shape index (κ2) is 3.95. The van der Waals surface area contributed by atoms with Crippen molar-refractivity contribution in [3.05, 3.63) is 29.9 Å². The van der Waals surface area contributed by atoms with Gasteiger partial charge < -0.3 is 15.0 Å². The van der Waals surface area contributed by atoms with Crippen LogP contribution in [0.2, 0.25) is 0 Å². The molecule has 0 aliphatic carbocycles. The van der Waals surface area contributed by atoms with Crippen molar-refractivity contribution in [2.24, 2.45) is 0 Å². The van der Waals surface area contributed by atoms with Gasteiger partial charge in [0.2, 0.25) is 0 Å². The normalized spacial score (nSPS) is 19.1. The van der Waals surface area contributed by atoms with Gasteiger partial charge in [-0.2, -0.15) is 0 Å². The number of aromatic nitrogens is 1. The Morgan fingerprint density at radius 2 is 2.40 bits per heavy atom. The van der Waals surface area contributed by atoms with Gasteiger partial charge in [0.15, 0.2) is 0 Å². The van der Waals surface area contributed by atoms with Crippen LogP contribution < -0.4 is 0 Å². The van der Waals surface area contributed by atoms with Crippen LogP contribution in [-0.4, -0.2) is 35.6 Å². The zero-order chi connectivity index (χ0) is 16.2. The van der Waals surface area contributed by atoms with Gasteiger partial charge in [-0.1, -0.05) is 6.07 Å². The fraction of sp³-hybridized carbons (Fsp3) is 0.333. The van der Waals surface area contributed by atoms with Crippen LogP contribution in [0.25, 0.3) is 10.9 Å². The van der Waals surface area contributed by atoms with Crippen LogP contribution in [0.4, 0.5) is 0 Å². The number of phenols is 1. The van der Waals surface area contributed by atoms with Gasteiger partial charge in [0.1, 0.15) is 5.75 Å². The first-order valence-electron chi connectivity index (χ1n) is 7.50. The van der Waals surface area contributed by atoms with Gasteiger partial charge in [-0.25, -0.2) is 0 Å². The summed E-state index contributed by atoms with van der Waals surface area (Å²) in [6, 6.07) is 2.57. The lowest BCUT2D eigenvalue weighted by molar-refractivity contribution is 0.414. The van der Waals surface area contributed by atoms with E-state index < -0.39 is 12.9 Å². The fourth-order valence-corrected chi connectivity index (χ4v) is 1.29. The molecule has 3 nitrogen and oxygen atoms in total. The number of likely N-dealkylation sites (N-methyl/N-ethyl adjacent to an activating group) is 1. The van der Waals surface area contributed by atoms with Crippen LogP contribution in [0.3, 0.4) is 0 Å². The Morgan fingerprint density at radius 3 is 3.13 bits per heavy atom. The minimum atomic E-state index is -2.56. The highest BCUT2D eigenvalue weighted by molar-refractivity contribution is 5.88. The first-order chi connectivity index (χ1) is 9.51. The van der Waals surface area contributed by atoms with Crippen LogP contribution >= 0.6 is 0 Å². The van der Waals surface area contributed by atoms with Gasteiger partial charge >= 0.3 is 0 Å². The summed E-state index contributed by atoms with van der Waals surface area (Å²) < 4.78 is 47.8. The topological polar surface area (TPSA) is 39.3 Å². The smallest absolute Gasteiger partial charge is 0.125 e. The summed E-state index contributed by atoms with van der Waals surface area (Å²) in [5.74, 6) is -0.288. The lowest BCUT2D eigenvalue weighted by Crippen LogP contribution is -2.14. The van der Waals surface area contributed by atoms with Crippen molar-refractivity contribution in [1.29, 1.82) is 0 Å². The van der Waals surface area contributed by atoms with Crippen molar-refractivity contribution >= 4 is 10.9 Å².